The molecule has 2 amide bonds. The number of β-lactam (4-membered cyclic amide) rings is 1. The molecule has 13 nitrogen and oxygen atoms in total. The summed E-state index contributed by atoms with van der Waals surface area (Å²) in [5, 5.41) is 30.1. The average Bonchev–Trinajstić information content (AvgIpc) is 3.41. The zero-order valence-corrected chi connectivity index (χ0v) is 20.8. The lowest BCUT2D eigenvalue weighted by Crippen LogP contribution is -2.61. The molecule has 37 heavy (non-hydrogen) atoms. The molecule has 0 bridgehead atoms. The Balaban J connectivity index is 1.45. The highest BCUT2D eigenvalue weighted by Crippen LogP contribution is 2.49. The number of aliphatic hydroxyl groups is 1. The van der Waals surface area contributed by atoms with Crippen LogP contribution in [0.25, 0.3) is 0 Å². The van der Waals surface area contributed by atoms with Crippen LogP contribution in [0.1, 0.15) is 25.3 Å². The fourth-order valence-corrected chi connectivity index (χ4v) is 6.40. The summed E-state index contributed by atoms with van der Waals surface area (Å²) in [6.45, 7) is 1.38. The van der Waals surface area contributed by atoms with Crippen molar-refractivity contribution in [3.63, 3.8) is 0 Å². The number of carbonyl (C=O) groups excluding carboxylic acids is 3. The summed E-state index contributed by atoms with van der Waals surface area (Å²) in [6, 6.07) is 4.09. The van der Waals surface area contributed by atoms with E-state index in [1.54, 1.807) is 0 Å². The number of benzene rings is 1. The maximum Gasteiger partial charge on any atom is 0.410 e. The lowest BCUT2D eigenvalue weighted by molar-refractivity contribution is -0.384. The number of hydrogen-bond donors (Lipinski definition) is 2. The number of nitro groups is 1. The number of methoxy groups -OCH3 is 1. The number of amides is 2. The van der Waals surface area contributed by atoms with Crippen molar-refractivity contribution >= 4 is 41.4 Å². The first-order chi connectivity index (χ1) is 17.5. The SMILES string of the molecule is COC(=O)C1C[C@H](SC2=C(C(=O)O)N3C(=O)[C@H](C(C)O)[C@H]3C2)CN1C(=O)OCc1ccc([N+](=O)[O-])cc1. The summed E-state index contributed by atoms with van der Waals surface area (Å²) in [7, 11) is 1.19. The quantitative estimate of drug-likeness (QED) is 0.213. The van der Waals surface area contributed by atoms with Crippen LogP contribution in [0.3, 0.4) is 0 Å². The monoisotopic (exact) mass is 535 g/mol. The first kappa shape index (κ1) is 26.4. The lowest BCUT2D eigenvalue weighted by Gasteiger charge is -2.44. The van der Waals surface area contributed by atoms with Gasteiger partial charge in [0.2, 0.25) is 5.91 Å². The van der Waals surface area contributed by atoms with E-state index in [4.69, 9.17) is 9.47 Å². The van der Waals surface area contributed by atoms with Crippen molar-refractivity contribution in [3.05, 3.63) is 50.5 Å². The van der Waals surface area contributed by atoms with Crippen molar-refractivity contribution in [1.82, 2.24) is 9.80 Å². The van der Waals surface area contributed by atoms with Crippen LogP contribution >= 0.6 is 11.8 Å². The van der Waals surface area contributed by atoms with Crippen molar-refractivity contribution in [2.24, 2.45) is 5.92 Å². The van der Waals surface area contributed by atoms with E-state index in [9.17, 15) is 39.5 Å². The fraction of sp³-hybridized carbons (Fsp3) is 0.478. The fourth-order valence-electron chi connectivity index (χ4n) is 4.92. The molecular formula is C23H25N3O10S. The second-order valence-electron chi connectivity index (χ2n) is 8.97. The number of ether oxygens (including phenoxy) is 2. The van der Waals surface area contributed by atoms with Crippen LogP contribution in [0.2, 0.25) is 0 Å². The van der Waals surface area contributed by atoms with Crippen molar-refractivity contribution in [2.45, 2.75) is 49.8 Å². The predicted octanol–water partition coefficient (Wildman–Crippen LogP) is 1.49. The number of esters is 1. The zero-order valence-electron chi connectivity index (χ0n) is 19.9. The van der Waals surface area contributed by atoms with Gasteiger partial charge in [0.15, 0.2) is 0 Å². The lowest BCUT2D eigenvalue weighted by atomic mass is 9.83. The maximum absolute atomic E-state index is 12.8. The van der Waals surface area contributed by atoms with Gasteiger partial charge in [-0.3, -0.25) is 19.8 Å². The highest BCUT2D eigenvalue weighted by atomic mass is 32.2. The van der Waals surface area contributed by atoms with Crippen LogP contribution in [0.4, 0.5) is 10.5 Å². The molecule has 1 aromatic rings. The molecule has 2 fully saturated rings. The van der Waals surface area contributed by atoms with Crippen LogP contribution in [0, 0.1) is 16.0 Å². The molecule has 1 aromatic carbocycles. The topological polar surface area (TPSA) is 177 Å². The van der Waals surface area contributed by atoms with E-state index in [2.05, 4.69) is 0 Å². The zero-order chi connectivity index (χ0) is 27.0. The predicted molar refractivity (Wildman–Crippen MR) is 127 cm³/mol. The third-order valence-corrected chi connectivity index (χ3v) is 8.00. The Morgan fingerprint density at radius 1 is 1.27 bits per heavy atom. The first-order valence-electron chi connectivity index (χ1n) is 11.4. The number of carboxylic acid groups (broad SMARTS) is 1. The third kappa shape index (κ3) is 4.98. The van der Waals surface area contributed by atoms with Crippen LogP contribution in [0.5, 0.6) is 0 Å². The molecule has 3 aliphatic rings. The van der Waals surface area contributed by atoms with E-state index in [-0.39, 0.29) is 42.6 Å². The minimum Gasteiger partial charge on any atom is -0.477 e. The number of nitrogens with zero attached hydrogens (tertiary/aromatic N) is 3. The standard InChI is InChI=1S/C23H25N3O10S/c1-11(27)18-15-8-17(19(21(29)30)25(15)20(18)28)37-14-7-16(22(31)35-2)24(9-14)23(32)36-10-12-3-5-13(6-4-12)26(33)34/h3-6,11,14-16,18,27H,7-10H2,1-2H3,(H,29,30)/t11?,14-,15+,16?,18+/m0/s1. The molecule has 0 aliphatic carbocycles. The van der Waals surface area contributed by atoms with Gasteiger partial charge in [-0.05, 0) is 31.0 Å². The van der Waals surface area contributed by atoms with Crippen LogP contribution in [0.15, 0.2) is 34.9 Å². The normalized spacial score (nSPS) is 25.4. The second kappa shape index (κ2) is 10.4. The largest absolute Gasteiger partial charge is 0.477 e. The summed E-state index contributed by atoms with van der Waals surface area (Å²) in [5.41, 5.74) is 0.280. The molecule has 3 heterocycles. The first-order valence-corrected chi connectivity index (χ1v) is 12.3. The molecule has 0 spiro atoms. The highest BCUT2D eigenvalue weighted by molar-refractivity contribution is 8.03. The highest BCUT2D eigenvalue weighted by Gasteiger charge is 2.57. The van der Waals surface area contributed by atoms with E-state index >= 15 is 0 Å². The number of nitro benzene ring substituents is 1. The number of carboxylic acids is 1. The molecule has 198 valence electrons. The molecule has 0 radical (unpaired) electrons. The molecular weight excluding hydrogens is 510 g/mol. The number of rotatable bonds is 8. The van der Waals surface area contributed by atoms with Crippen LogP contribution in [-0.2, 0) is 30.5 Å². The molecule has 2 N–H and O–H groups in total. The minimum atomic E-state index is -1.26. The van der Waals surface area contributed by atoms with Gasteiger partial charge in [-0.15, -0.1) is 11.8 Å². The van der Waals surface area contributed by atoms with Crippen molar-refractivity contribution in [1.29, 1.82) is 0 Å². The number of fused-ring (bicyclic) bond motifs is 1. The Hall–Kier alpha value is -3.65. The molecule has 4 rings (SSSR count). The van der Waals surface area contributed by atoms with E-state index < -0.39 is 53.0 Å². The molecule has 0 aromatic heterocycles. The molecule has 2 unspecified atom stereocenters. The van der Waals surface area contributed by atoms with Gasteiger partial charge >= 0.3 is 18.0 Å². The van der Waals surface area contributed by atoms with Crippen LogP contribution < -0.4 is 0 Å². The maximum atomic E-state index is 12.8. The minimum absolute atomic E-state index is 0.0678. The van der Waals surface area contributed by atoms with Gasteiger partial charge in [0, 0.05) is 35.3 Å². The smallest absolute Gasteiger partial charge is 0.410 e. The molecule has 0 saturated carbocycles. The second-order valence-corrected chi connectivity index (χ2v) is 10.4. The van der Waals surface area contributed by atoms with Crippen molar-refractivity contribution in [2.75, 3.05) is 13.7 Å². The van der Waals surface area contributed by atoms with Crippen LogP contribution in [-0.4, -0.2) is 86.0 Å². The Morgan fingerprint density at radius 3 is 2.51 bits per heavy atom. The molecule has 14 heteroatoms. The van der Waals surface area contributed by atoms with Gasteiger partial charge in [0.05, 0.1) is 30.1 Å². The van der Waals surface area contributed by atoms with Gasteiger partial charge in [-0.2, -0.15) is 0 Å². The Bertz CT molecular complexity index is 1170. The van der Waals surface area contributed by atoms with Crippen molar-refractivity contribution < 1.29 is 43.8 Å². The summed E-state index contributed by atoms with van der Waals surface area (Å²) in [6.07, 6.45) is -1.26. The van der Waals surface area contributed by atoms with E-state index in [0.717, 1.165) is 0 Å². The van der Waals surface area contributed by atoms with Gasteiger partial charge in [0.1, 0.15) is 18.3 Å². The number of aliphatic hydroxyl groups excluding tert-OH is 1. The van der Waals surface area contributed by atoms with Gasteiger partial charge in [0.25, 0.3) is 5.69 Å². The Labute approximate surface area is 215 Å². The third-order valence-electron chi connectivity index (χ3n) is 6.68. The molecule has 3 aliphatic heterocycles. The number of aliphatic carboxylic acids is 1. The summed E-state index contributed by atoms with van der Waals surface area (Å²) >= 11 is 1.19. The van der Waals surface area contributed by atoms with E-state index in [1.807, 2.05) is 0 Å². The number of thioether (sulfide) groups is 1. The van der Waals surface area contributed by atoms with Gasteiger partial charge in [-0.25, -0.2) is 14.4 Å². The van der Waals surface area contributed by atoms with E-state index in [0.29, 0.717) is 10.5 Å². The summed E-state index contributed by atoms with van der Waals surface area (Å²) < 4.78 is 10.2. The Kier molecular flexibility index (Phi) is 7.41. The number of likely N-dealkylation sites (tertiary alicyclic amines) is 1. The summed E-state index contributed by atoms with van der Waals surface area (Å²) in [4.78, 5) is 62.7. The number of non-ortho nitro benzene ring substituents is 1. The average molecular weight is 536 g/mol. The van der Waals surface area contributed by atoms with E-state index in [1.165, 1.54) is 59.9 Å². The Morgan fingerprint density at radius 2 is 1.95 bits per heavy atom. The van der Waals surface area contributed by atoms with Gasteiger partial charge in [-0.1, -0.05) is 0 Å². The molecule has 5 atom stereocenters. The number of hydrogen-bond acceptors (Lipinski definition) is 10. The molecule has 2 saturated heterocycles. The summed E-state index contributed by atoms with van der Waals surface area (Å²) in [5.74, 6) is -3.03. The van der Waals surface area contributed by atoms with Crippen molar-refractivity contribution in [3.8, 4) is 0 Å². The number of carbonyl (C=O) groups is 4. The van der Waals surface area contributed by atoms with Gasteiger partial charge < -0.3 is 24.6 Å².